The van der Waals surface area contributed by atoms with E-state index in [9.17, 15) is 4.79 Å². The first kappa shape index (κ1) is 20.2. The number of nitrogens with one attached hydrogen (secondary N) is 2. The number of carbonyl (C=O) groups excluding carboxylic acids is 1. The second kappa shape index (κ2) is 9.17. The van der Waals surface area contributed by atoms with Crippen LogP contribution in [0.4, 0.5) is 0 Å². The standard InChI is InChI=1S/C25H23N3O3/c1-30-19-12-18(13-20(15-19)31-2)14-21(24-27-22-10-6-7-11-23(22)28-24)25(29)26-16-17-8-4-3-5-9-17/h3-15H,16H2,1-2H3,(H,26,29)(H,27,28)/b21-14+. The Hall–Kier alpha value is -4.06. The van der Waals surface area contributed by atoms with Gasteiger partial charge in [-0.2, -0.15) is 0 Å². The topological polar surface area (TPSA) is 76.2 Å². The van der Waals surface area contributed by atoms with E-state index in [1.807, 2.05) is 66.7 Å². The summed E-state index contributed by atoms with van der Waals surface area (Å²) < 4.78 is 10.7. The number of H-pyrrole nitrogens is 1. The first-order valence-corrected chi connectivity index (χ1v) is 9.88. The number of hydrogen-bond acceptors (Lipinski definition) is 4. The number of ether oxygens (including phenoxy) is 2. The molecular weight excluding hydrogens is 390 g/mol. The van der Waals surface area contributed by atoms with Gasteiger partial charge in [-0.05, 0) is 41.5 Å². The number of para-hydroxylation sites is 2. The van der Waals surface area contributed by atoms with E-state index in [4.69, 9.17) is 9.47 Å². The van der Waals surface area contributed by atoms with Crippen molar-refractivity contribution >= 4 is 28.6 Å². The first-order chi connectivity index (χ1) is 15.2. The van der Waals surface area contributed by atoms with Crippen LogP contribution < -0.4 is 14.8 Å². The summed E-state index contributed by atoms with van der Waals surface area (Å²) in [4.78, 5) is 21.1. The number of aromatic nitrogens is 2. The van der Waals surface area contributed by atoms with Crippen molar-refractivity contribution in [2.45, 2.75) is 6.54 Å². The van der Waals surface area contributed by atoms with E-state index in [-0.39, 0.29) is 5.91 Å². The number of rotatable bonds is 7. The highest BCUT2D eigenvalue weighted by atomic mass is 16.5. The molecule has 0 bridgehead atoms. The molecule has 0 spiro atoms. The molecule has 0 unspecified atom stereocenters. The van der Waals surface area contributed by atoms with Crippen molar-refractivity contribution < 1.29 is 14.3 Å². The number of nitrogens with zero attached hydrogens (tertiary/aromatic N) is 1. The lowest BCUT2D eigenvalue weighted by molar-refractivity contribution is -0.115. The normalized spacial score (nSPS) is 11.4. The van der Waals surface area contributed by atoms with Gasteiger partial charge in [-0.1, -0.05) is 42.5 Å². The van der Waals surface area contributed by atoms with Gasteiger partial charge in [-0.25, -0.2) is 4.98 Å². The van der Waals surface area contributed by atoms with Gasteiger partial charge in [-0.15, -0.1) is 0 Å². The van der Waals surface area contributed by atoms with E-state index in [0.717, 1.165) is 22.2 Å². The summed E-state index contributed by atoms with van der Waals surface area (Å²) in [5.41, 5.74) is 3.86. The zero-order valence-corrected chi connectivity index (χ0v) is 17.4. The summed E-state index contributed by atoms with van der Waals surface area (Å²) >= 11 is 0. The van der Waals surface area contributed by atoms with Gasteiger partial charge >= 0.3 is 0 Å². The highest BCUT2D eigenvalue weighted by Crippen LogP contribution is 2.26. The summed E-state index contributed by atoms with van der Waals surface area (Å²) in [6, 6.07) is 22.9. The van der Waals surface area contributed by atoms with Crippen LogP contribution in [0.2, 0.25) is 0 Å². The molecule has 4 rings (SSSR count). The molecule has 156 valence electrons. The zero-order valence-electron chi connectivity index (χ0n) is 17.4. The van der Waals surface area contributed by atoms with Crippen LogP contribution in [-0.4, -0.2) is 30.1 Å². The molecule has 0 aliphatic heterocycles. The number of amides is 1. The maximum Gasteiger partial charge on any atom is 0.255 e. The van der Waals surface area contributed by atoms with Crippen LogP contribution in [0.15, 0.2) is 72.8 Å². The third-order valence-corrected chi connectivity index (χ3v) is 4.87. The molecule has 1 aromatic heterocycles. The highest BCUT2D eigenvalue weighted by molar-refractivity contribution is 6.23. The molecular formula is C25H23N3O3. The Balaban J connectivity index is 1.73. The SMILES string of the molecule is COc1cc(/C=C(/C(=O)NCc2ccccc2)c2nc3ccccc3[nH]2)cc(OC)c1. The van der Waals surface area contributed by atoms with Crippen LogP contribution in [-0.2, 0) is 11.3 Å². The molecule has 0 aliphatic rings. The minimum atomic E-state index is -0.232. The summed E-state index contributed by atoms with van der Waals surface area (Å²) in [6.07, 6.45) is 1.78. The van der Waals surface area contributed by atoms with Crippen LogP contribution in [0.3, 0.4) is 0 Å². The highest BCUT2D eigenvalue weighted by Gasteiger charge is 2.17. The number of aromatic amines is 1. The fraction of sp³-hybridized carbons (Fsp3) is 0.120. The fourth-order valence-corrected chi connectivity index (χ4v) is 3.27. The molecule has 0 aliphatic carbocycles. The minimum Gasteiger partial charge on any atom is -0.497 e. The zero-order chi connectivity index (χ0) is 21.6. The minimum absolute atomic E-state index is 0.232. The molecule has 31 heavy (non-hydrogen) atoms. The molecule has 1 amide bonds. The van der Waals surface area contributed by atoms with Crippen molar-refractivity contribution in [2.75, 3.05) is 14.2 Å². The Kier molecular flexibility index (Phi) is 5.98. The molecule has 0 saturated carbocycles. The lowest BCUT2D eigenvalue weighted by Crippen LogP contribution is -2.24. The molecule has 2 N–H and O–H groups in total. The van der Waals surface area contributed by atoms with E-state index in [0.29, 0.717) is 29.4 Å². The predicted molar refractivity (Wildman–Crippen MR) is 122 cm³/mol. The molecule has 0 fully saturated rings. The fourth-order valence-electron chi connectivity index (χ4n) is 3.27. The Morgan fingerprint density at radius 3 is 2.32 bits per heavy atom. The maximum atomic E-state index is 13.2. The summed E-state index contributed by atoms with van der Waals surface area (Å²) in [5, 5.41) is 2.99. The Labute approximate surface area is 180 Å². The summed E-state index contributed by atoms with van der Waals surface area (Å²) in [7, 11) is 3.18. The first-order valence-electron chi connectivity index (χ1n) is 9.88. The van der Waals surface area contributed by atoms with Crippen molar-refractivity contribution in [3.63, 3.8) is 0 Å². The van der Waals surface area contributed by atoms with Gasteiger partial charge in [0.25, 0.3) is 5.91 Å². The summed E-state index contributed by atoms with van der Waals surface area (Å²) in [6.45, 7) is 0.415. The average Bonchev–Trinajstić information content (AvgIpc) is 3.25. The smallest absolute Gasteiger partial charge is 0.255 e. The van der Waals surface area contributed by atoms with Gasteiger partial charge in [0.1, 0.15) is 17.3 Å². The van der Waals surface area contributed by atoms with E-state index >= 15 is 0 Å². The number of carbonyl (C=O) groups is 1. The molecule has 0 saturated heterocycles. The van der Waals surface area contributed by atoms with Gasteiger partial charge in [-0.3, -0.25) is 4.79 Å². The second-order valence-electron chi connectivity index (χ2n) is 6.97. The van der Waals surface area contributed by atoms with Crippen LogP contribution in [0, 0.1) is 0 Å². The molecule has 4 aromatic rings. The van der Waals surface area contributed by atoms with Crippen LogP contribution >= 0.6 is 0 Å². The summed E-state index contributed by atoms with van der Waals surface area (Å²) in [5.74, 6) is 1.54. The third kappa shape index (κ3) is 4.75. The maximum absolute atomic E-state index is 13.2. The second-order valence-corrected chi connectivity index (χ2v) is 6.97. The third-order valence-electron chi connectivity index (χ3n) is 4.87. The van der Waals surface area contributed by atoms with Gasteiger partial charge in [0, 0.05) is 12.6 Å². The lowest BCUT2D eigenvalue weighted by atomic mass is 10.1. The van der Waals surface area contributed by atoms with Crippen LogP contribution in [0.25, 0.3) is 22.7 Å². The Bertz CT molecular complexity index is 1170. The van der Waals surface area contributed by atoms with Crippen molar-refractivity contribution in [2.24, 2.45) is 0 Å². The van der Waals surface area contributed by atoms with E-state index in [1.54, 1.807) is 26.4 Å². The molecule has 0 atom stereocenters. The van der Waals surface area contributed by atoms with Gasteiger partial charge in [0.2, 0.25) is 0 Å². The quantitative estimate of drug-likeness (QED) is 0.439. The molecule has 6 nitrogen and oxygen atoms in total. The van der Waals surface area contributed by atoms with E-state index in [2.05, 4.69) is 15.3 Å². The van der Waals surface area contributed by atoms with Gasteiger partial charge in [0.15, 0.2) is 0 Å². The largest absolute Gasteiger partial charge is 0.497 e. The van der Waals surface area contributed by atoms with Crippen molar-refractivity contribution in [1.82, 2.24) is 15.3 Å². The molecule has 6 heteroatoms. The number of hydrogen-bond donors (Lipinski definition) is 2. The number of fused-ring (bicyclic) bond motifs is 1. The molecule has 3 aromatic carbocycles. The average molecular weight is 413 g/mol. The Morgan fingerprint density at radius 2 is 1.65 bits per heavy atom. The van der Waals surface area contributed by atoms with Gasteiger partial charge < -0.3 is 19.8 Å². The number of methoxy groups -OCH3 is 2. The molecule has 0 radical (unpaired) electrons. The van der Waals surface area contributed by atoms with E-state index in [1.165, 1.54) is 0 Å². The monoisotopic (exact) mass is 413 g/mol. The van der Waals surface area contributed by atoms with Crippen LogP contribution in [0.1, 0.15) is 17.0 Å². The van der Waals surface area contributed by atoms with Crippen LogP contribution in [0.5, 0.6) is 11.5 Å². The van der Waals surface area contributed by atoms with E-state index < -0.39 is 0 Å². The lowest BCUT2D eigenvalue weighted by Gasteiger charge is -2.10. The molecule has 1 heterocycles. The predicted octanol–water partition coefficient (Wildman–Crippen LogP) is 4.44. The Morgan fingerprint density at radius 1 is 0.968 bits per heavy atom. The van der Waals surface area contributed by atoms with Crippen molar-refractivity contribution in [3.05, 3.63) is 89.7 Å². The van der Waals surface area contributed by atoms with Crippen molar-refractivity contribution in [3.8, 4) is 11.5 Å². The number of imidazole rings is 1. The number of benzene rings is 3. The van der Waals surface area contributed by atoms with Crippen molar-refractivity contribution in [1.29, 1.82) is 0 Å². The van der Waals surface area contributed by atoms with Gasteiger partial charge in [0.05, 0.1) is 30.8 Å².